The monoisotopic (exact) mass is 687 g/mol. The SMILES string of the molecule is O=C(Nc1nc2ccccc2s1)c1cccc2c1CN(c1nc(C(=O)O)c(CCCOc3cccc(-n4ncc5cccnc54)c3)s1)CC2. The van der Waals surface area contributed by atoms with Gasteiger partial charge in [0.25, 0.3) is 5.91 Å². The van der Waals surface area contributed by atoms with Gasteiger partial charge in [0.15, 0.2) is 21.6 Å². The number of carbonyl (C=O) groups excluding carboxylic acids is 1. The van der Waals surface area contributed by atoms with E-state index < -0.39 is 5.97 Å². The Labute approximate surface area is 288 Å². The number of anilines is 2. The molecule has 244 valence electrons. The number of hydrogen-bond donors (Lipinski definition) is 2. The molecule has 0 atom stereocenters. The third-order valence-corrected chi connectivity index (χ3v) is 10.5. The molecule has 0 saturated carbocycles. The molecule has 13 heteroatoms. The van der Waals surface area contributed by atoms with Gasteiger partial charge in [-0.25, -0.2) is 24.4 Å². The normalized spacial score (nSPS) is 12.7. The first-order valence-electron chi connectivity index (χ1n) is 15.8. The lowest BCUT2D eigenvalue weighted by Crippen LogP contribution is -2.32. The predicted molar refractivity (Wildman–Crippen MR) is 191 cm³/mol. The fourth-order valence-corrected chi connectivity index (χ4v) is 8.02. The van der Waals surface area contributed by atoms with Gasteiger partial charge in [0.05, 0.1) is 28.7 Å². The second-order valence-corrected chi connectivity index (χ2v) is 13.6. The summed E-state index contributed by atoms with van der Waals surface area (Å²) in [6.45, 7) is 1.52. The molecule has 4 aromatic heterocycles. The van der Waals surface area contributed by atoms with E-state index in [2.05, 4.69) is 30.3 Å². The Morgan fingerprint density at radius 2 is 1.88 bits per heavy atom. The molecule has 3 aromatic carbocycles. The molecule has 5 heterocycles. The molecule has 0 aliphatic carbocycles. The quantitative estimate of drug-likeness (QED) is 0.146. The summed E-state index contributed by atoms with van der Waals surface area (Å²) in [6, 6.07) is 25.0. The number of aromatic nitrogens is 5. The van der Waals surface area contributed by atoms with E-state index in [0.29, 0.717) is 65.4 Å². The van der Waals surface area contributed by atoms with Gasteiger partial charge in [-0.3, -0.25) is 10.1 Å². The zero-order chi connectivity index (χ0) is 33.3. The molecule has 0 bridgehead atoms. The van der Waals surface area contributed by atoms with Gasteiger partial charge < -0.3 is 14.7 Å². The first kappa shape index (κ1) is 30.7. The Hall–Kier alpha value is -5.66. The van der Waals surface area contributed by atoms with Crippen LogP contribution in [-0.2, 0) is 19.4 Å². The van der Waals surface area contributed by atoms with E-state index in [1.807, 2.05) is 78.9 Å². The number of rotatable bonds is 10. The van der Waals surface area contributed by atoms with E-state index in [9.17, 15) is 14.7 Å². The predicted octanol–water partition coefficient (Wildman–Crippen LogP) is 7.01. The summed E-state index contributed by atoms with van der Waals surface area (Å²) in [7, 11) is 0. The van der Waals surface area contributed by atoms with Crippen molar-refractivity contribution in [2.45, 2.75) is 25.8 Å². The minimum Gasteiger partial charge on any atom is -0.494 e. The number of benzene rings is 3. The van der Waals surface area contributed by atoms with Gasteiger partial charge in [0.2, 0.25) is 0 Å². The standard InChI is InChI=1S/C36H29N7O4S2/c44-33(41-35-39-28-12-1-2-13-29(28)48-35)26-11-3-7-22-15-17-42(21-27(22)26)36-40-31(34(45)46)30(49-36)14-6-18-47-25-10-4-9-24(19-25)43-32-23(20-38-43)8-5-16-37-32/h1-5,7-13,16,19-20H,6,14-15,17-18,21H2,(H,45,46)(H,39,41,44). The lowest BCUT2D eigenvalue weighted by atomic mass is 9.94. The van der Waals surface area contributed by atoms with Crippen LogP contribution in [0.2, 0.25) is 0 Å². The highest BCUT2D eigenvalue weighted by Gasteiger charge is 2.26. The number of thiazole rings is 2. The maximum atomic E-state index is 13.5. The number of aromatic carboxylic acids is 1. The Morgan fingerprint density at radius 1 is 0.980 bits per heavy atom. The summed E-state index contributed by atoms with van der Waals surface area (Å²) in [4.78, 5) is 42.0. The van der Waals surface area contributed by atoms with Crippen LogP contribution in [0.4, 0.5) is 10.3 Å². The highest BCUT2D eigenvalue weighted by Crippen LogP contribution is 2.33. The van der Waals surface area contributed by atoms with E-state index in [1.165, 1.54) is 22.7 Å². The molecular formula is C36H29N7O4S2. The van der Waals surface area contributed by atoms with Crippen molar-refractivity contribution in [3.63, 3.8) is 0 Å². The highest BCUT2D eigenvalue weighted by atomic mass is 32.1. The fourth-order valence-electron chi connectivity index (χ4n) is 6.04. The number of nitrogens with zero attached hydrogens (tertiary/aromatic N) is 6. The minimum absolute atomic E-state index is 0.0627. The Kier molecular flexibility index (Phi) is 8.19. The number of carboxylic acid groups (broad SMARTS) is 1. The number of pyridine rings is 1. The molecule has 0 unspecified atom stereocenters. The number of fused-ring (bicyclic) bond motifs is 3. The van der Waals surface area contributed by atoms with Crippen molar-refractivity contribution in [1.82, 2.24) is 24.7 Å². The first-order chi connectivity index (χ1) is 24.0. The average molecular weight is 688 g/mol. The maximum Gasteiger partial charge on any atom is 0.355 e. The number of carboxylic acids is 1. The van der Waals surface area contributed by atoms with Crippen LogP contribution in [0.1, 0.15) is 43.3 Å². The topological polar surface area (TPSA) is 135 Å². The van der Waals surface area contributed by atoms with Crippen LogP contribution in [0.5, 0.6) is 5.75 Å². The Balaban J connectivity index is 0.938. The third-order valence-electron chi connectivity index (χ3n) is 8.40. The number of nitrogens with one attached hydrogen (secondary N) is 1. The molecule has 2 N–H and O–H groups in total. The number of aryl methyl sites for hydroxylation is 1. The molecule has 49 heavy (non-hydrogen) atoms. The van der Waals surface area contributed by atoms with Crippen LogP contribution in [0.15, 0.2) is 91.3 Å². The van der Waals surface area contributed by atoms with Crippen molar-refractivity contribution in [2.24, 2.45) is 0 Å². The van der Waals surface area contributed by atoms with E-state index in [4.69, 9.17) is 4.74 Å². The van der Waals surface area contributed by atoms with Crippen molar-refractivity contribution < 1.29 is 19.4 Å². The van der Waals surface area contributed by atoms with Gasteiger partial charge in [-0.2, -0.15) is 5.10 Å². The average Bonchev–Trinajstić information content (AvgIpc) is 3.86. The Morgan fingerprint density at radius 3 is 2.78 bits per heavy atom. The van der Waals surface area contributed by atoms with Crippen molar-refractivity contribution in [1.29, 1.82) is 0 Å². The summed E-state index contributed by atoms with van der Waals surface area (Å²) in [6.07, 6.45) is 5.35. The number of ether oxygens (including phenoxy) is 1. The lowest BCUT2D eigenvalue weighted by Gasteiger charge is -2.29. The molecule has 1 aliphatic rings. The summed E-state index contributed by atoms with van der Waals surface area (Å²) < 4.78 is 8.84. The van der Waals surface area contributed by atoms with Gasteiger partial charge in [0.1, 0.15) is 5.75 Å². The molecule has 0 spiro atoms. The Bertz CT molecular complexity index is 2310. The van der Waals surface area contributed by atoms with Crippen LogP contribution in [-0.4, -0.2) is 54.9 Å². The van der Waals surface area contributed by atoms with Crippen LogP contribution >= 0.6 is 22.7 Å². The first-order valence-corrected chi connectivity index (χ1v) is 17.4. The molecule has 1 amide bonds. The highest BCUT2D eigenvalue weighted by molar-refractivity contribution is 7.22. The second-order valence-electron chi connectivity index (χ2n) is 11.6. The molecule has 0 fully saturated rings. The number of hydrogen-bond acceptors (Lipinski definition) is 10. The molecule has 0 saturated heterocycles. The summed E-state index contributed by atoms with van der Waals surface area (Å²) in [5.41, 5.74) is 5.10. The molecule has 0 radical (unpaired) electrons. The lowest BCUT2D eigenvalue weighted by molar-refractivity contribution is 0.0690. The van der Waals surface area contributed by atoms with Gasteiger partial charge in [-0.05, 0) is 72.9 Å². The maximum absolute atomic E-state index is 13.5. The molecule has 7 aromatic rings. The largest absolute Gasteiger partial charge is 0.494 e. The van der Waals surface area contributed by atoms with Crippen molar-refractivity contribution in [3.8, 4) is 11.4 Å². The van der Waals surface area contributed by atoms with Crippen LogP contribution in [0.25, 0.3) is 26.9 Å². The zero-order valence-corrected chi connectivity index (χ0v) is 27.7. The molecule has 8 rings (SSSR count). The summed E-state index contributed by atoms with van der Waals surface area (Å²) in [5, 5.41) is 19.6. The van der Waals surface area contributed by atoms with Crippen molar-refractivity contribution >= 4 is 66.1 Å². The fraction of sp³-hybridized carbons (Fsp3) is 0.167. The van der Waals surface area contributed by atoms with Gasteiger partial charge in [0, 0.05) is 41.2 Å². The van der Waals surface area contributed by atoms with Gasteiger partial charge in [-0.1, -0.05) is 41.7 Å². The van der Waals surface area contributed by atoms with Crippen LogP contribution in [0, 0.1) is 0 Å². The van der Waals surface area contributed by atoms with Crippen LogP contribution < -0.4 is 15.0 Å². The van der Waals surface area contributed by atoms with E-state index >= 15 is 0 Å². The summed E-state index contributed by atoms with van der Waals surface area (Å²) in [5.74, 6) is -0.584. The molecular weight excluding hydrogens is 659 g/mol. The second kappa shape index (κ2) is 13.1. The summed E-state index contributed by atoms with van der Waals surface area (Å²) >= 11 is 2.82. The van der Waals surface area contributed by atoms with Crippen molar-refractivity contribution in [2.75, 3.05) is 23.4 Å². The van der Waals surface area contributed by atoms with E-state index in [-0.39, 0.29) is 11.6 Å². The number of amides is 1. The smallest absolute Gasteiger partial charge is 0.355 e. The van der Waals surface area contributed by atoms with Gasteiger partial charge >= 0.3 is 5.97 Å². The molecule has 1 aliphatic heterocycles. The van der Waals surface area contributed by atoms with Crippen LogP contribution in [0.3, 0.4) is 0 Å². The zero-order valence-electron chi connectivity index (χ0n) is 26.1. The molecule has 11 nitrogen and oxygen atoms in total. The van der Waals surface area contributed by atoms with Gasteiger partial charge in [-0.15, -0.1) is 11.3 Å². The van der Waals surface area contributed by atoms with E-state index in [0.717, 1.165) is 38.1 Å². The van der Waals surface area contributed by atoms with E-state index in [1.54, 1.807) is 17.1 Å². The number of para-hydroxylation sites is 1. The number of carbonyl (C=O) groups is 2. The van der Waals surface area contributed by atoms with Crippen molar-refractivity contribution in [3.05, 3.63) is 119 Å². The third kappa shape index (κ3) is 6.21. The minimum atomic E-state index is -1.06.